The van der Waals surface area contributed by atoms with Crippen molar-refractivity contribution in [2.24, 2.45) is 0 Å². The van der Waals surface area contributed by atoms with Gasteiger partial charge < -0.3 is 10.1 Å². The third kappa shape index (κ3) is 5.15. The molecule has 2 rings (SSSR count). The molecular weight excluding hydrogens is 345 g/mol. The van der Waals surface area contributed by atoms with Crippen molar-refractivity contribution in [2.45, 2.75) is 33.6 Å². The molecule has 5 heteroatoms. The van der Waals surface area contributed by atoms with E-state index in [-0.39, 0.29) is 5.91 Å². The molecule has 0 aliphatic heterocycles. The van der Waals surface area contributed by atoms with Crippen molar-refractivity contribution in [3.05, 3.63) is 57.1 Å². The van der Waals surface area contributed by atoms with Crippen LogP contribution < -0.4 is 10.1 Å². The monoisotopic (exact) mass is 365 g/mol. The number of rotatable bonds is 6. The quantitative estimate of drug-likeness (QED) is 0.665. The summed E-state index contributed by atoms with van der Waals surface area (Å²) in [7, 11) is 0. The van der Waals surface area contributed by atoms with Gasteiger partial charge in [-0.25, -0.2) is 0 Å². The number of carbonyl (C=O) groups is 1. The number of amides is 1. The summed E-state index contributed by atoms with van der Waals surface area (Å²) in [6.07, 6.45) is 1.02. The molecule has 0 radical (unpaired) electrons. The molecule has 1 amide bonds. The zero-order chi connectivity index (χ0) is 17.7. The second kappa shape index (κ2) is 8.41. The molecule has 0 aliphatic rings. The second-order valence-corrected chi connectivity index (χ2v) is 6.62. The van der Waals surface area contributed by atoms with Gasteiger partial charge in [-0.1, -0.05) is 29.3 Å². The van der Waals surface area contributed by atoms with E-state index in [0.717, 1.165) is 27.5 Å². The normalized spacial score (nSPS) is 10.5. The summed E-state index contributed by atoms with van der Waals surface area (Å²) in [5, 5.41) is 4.24. The van der Waals surface area contributed by atoms with Gasteiger partial charge in [0.25, 0.3) is 0 Å². The van der Waals surface area contributed by atoms with Crippen molar-refractivity contribution in [1.29, 1.82) is 0 Å². The minimum atomic E-state index is -0.0537. The Labute approximate surface area is 152 Å². The Morgan fingerprint density at radius 3 is 2.33 bits per heavy atom. The summed E-state index contributed by atoms with van der Waals surface area (Å²) < 4.78 is 5.70. The SMILES string of the molecule is Cc1ccc(NC(=O)CCCOc2cc(C)c(Cl)c(C)c2)cc1Cl. The third-order valence-corrected chi connectivity index (χ3v) is 4.69. The predicted octanol–water partition coefficient (Wildman–Crippen LogP) is 5.72. The number of benzene rings is 2. The van der Waals surface area contributed by atoms with Gasteiger partial charge in [-0.3, -0.25) is 4.79 Å². The molecule has 2 aromatic carbocycles. The van der Waals surface area contributed by atoms with E-state index in [9.17, 15) is 4.79 Å². The Bertz CT molecular complexity index is 721. The molecule has 2 aromatic rings. The van der Waals surface area contributed by atoms with Crippen molar-refractivity contribution >= 4 is 34.8 Å². The van der Waals surface area contributed by atoms with Gasteiger partial charge in [-0.15, -0.1) is 0 Å². The number of nitrogens with one attached hydrogen (secondary N) is 1. The Hall–Kier alpha value is -1.71. The maximum atomic E-state index is 11.9. The van der Waals surface area contributed by atoms with Crippen molar-refractivity contribution in [2.75, 3.05) is 11.9 Å². The summed E-state index contributed by atoms with van der Waals surface area (Å²) in [5.41, 5.74) is 3.67. The van der Waals surface area contributed by atoms with Crippen LogP contribution in [0.3, 0.4) is 0 Å². The van der Waals surface area contributed by atoms with Crippen molar-refractivity contribution in [3.63, 3.8) is 0 Å². The van der Waals surface area contributed by atoms with Gasteiger partial charge in [0.1, 0.15) is 5.75 Å². The highest BCUT2D eigenvalue weighted by atomic mass is 35.5. The average molecular weight is 366 g/mol. The standard InChI is InChI=1S/C19H21Cl2NO2/c1-12-6-7-15(11-17(12)20)22-18(23)5-4-8-24-16-9-13(2)19(21)14(3)10-16/h6-7,9-11H,4-5,8H2,1-3H3,(H,22,23). The van der Waals surface area contributed by atoms with Crippen LogP contribution >= 0.6 is 23.2 Å². The second-order valence-electron chi connectivity index (χ2n) is 5.84. The minimum absolute atomic E-state index is 0.0537. The lowest BCUT2D eigenvalue weighted by atomic mass is 10.1. The van der Waals surface area contributed by atoms with Crippen LogP contribution in [-0.4, -0.2) is 12.5 Å². The van der Waals surface area contributed by atoms with Crippen molar-refractivity contribution in [3.8, 4) is 5.75 Å². The molecule has 0 bridgehead atoms. The smallest absolute Gasteiger partial charge is 0.224 e. The number of ether oxygens (including phenoxy) is 1. The number of halogens is 2. The van der Waals surface area contributed by atoms with E-state index >= 15 is 0 Å². The molecule has 0 unspecified atom stereocenters. The molecule has 0 heterocycles. The third-order valence-electron chi connectivity index (χ3n) is 3.68. The first kappa shape index (κ1) is 18.6. The highest BCUT2D eigenvalue weighted by Gasteiger charge is 2.06. The summed E-state index contributed by atoms with van der Waals surface area (Å²) >= 11 is 12.2. The van der Waals surface area contributed by atoms with Gasteiger partial charge in [-0.05, 0) is 68.1 Å². The van der Waals surface area contributed by atoms with E-state index in [4.69, 9.17) is 27.9 Å². The van der Waals surface area contributed by atoms with E-state index in [1.54, 1.807) is 6.07 Å². The Morgan fingerprint density at radius 1 is 1.04 bits per heavy atom. The first-order chi connectivity index (χ1) is 11.4. The molecule has 0 aromatic heterocycles. The van der Waals surface area contributed by atoms with Crippen molar-refractivity contribution in [1.82, 2.24) is 0 Å². The van der Waals surface area contributed by atoms with Crippen LogP contribution in [0.2, 0.25) is 10.0 Å². The molecule has 128 valence electrons. The summed E-state index contributed by atoms with van der Waals surface area (Å²) in [5.74, 6) is 0.724. The lowest BCUT2D eigenvalue weighted by Crippen LogP contribution is -2.12. The molecule has 1 N–H and O–H groups in total. The highest BCUT2D eigenvalue weighted by Crippen LogP contribution is 2.26. The van der Waals surface area contributed by atoms with Crippen LogP contribution in [0.15, 0.2) is 30.3 Å². The van der Waals surface area contributed by atoms with E-state index in [0.29, 0.717) is 30.2 Å². The summed E-state index contributed by atoms with van der Waals surface area (Å²) in [6.45, 7) is 6.29. The number of anilines is 1. The lowest BCUT2D eigenvalue weighted by Gasteiger charge is -2.10. The van der Waals surface area contributed by atoms with Gasteiger partial charge in [-0.2, -0.15) is 0 Å². The largest absolute Gasteiger partial charge is 0.494 e. The van der Waals surface area contributed by atoms with Gasteiger partial charge in [0.05, 0.1) is 6.61 Å². The maximum Gasteiger partial charge on any atom is 0.224 e. The average Bonchev–Trinajstić information content (AvgIpc) is 2.52. The zero-order valence-corrected chi connectivity index (χ0v) is 15.6. The van der Waals surface area contributed by atoms with Crippen LogP contribution in [0.5, 0.6) is 5.75 Å². The first-order valence-corrected chi connectivity index (χ1v) is 8.58. The van der Waals surface area contributed by atoms with Gasteiger partial charge in [0.15, 0.2) is 0 Å². The minimum Gasteiger partial charge on any atom is -0.494 e. The predicted molar refractivity (Wildman–Crippen MR) is 100 cm³/mol. The van der Waals surface area contributed by atoms with Crippen LogP contribution in [0.1, 0.15) is 29.5 Å². The first-order valence-electron chi connectivity index (χ1n) is 7.82. The van der Waals surface area contributed by atoms with Gasteiger partial charge in [0.2, 0.25) is 5.91 Å². The van der Waals surface area contributed by atoms with Gasteiger partial charge in [0, 0.05) is 22.2 Å². The highest BCUT2D eigenvalue weighted by molar-refractivity contribution is 6.32. The molecule has 0 saturated heterocycles. The van der Waals surface area contributed by atoms with E-state index in [1.165, 1.54) is 0 Å². The fourth-order valence-electron chi connectivity index (χ4n) is 2.31. The molecule has 3 nitrogen and oxygen atoms in total. The number of aryl methyl sites for hydroxylation is 3. The number of hydrogen-bond donors (Lipinski definition) is 1. The fourth-order valence-corrected chi connectivity index (χ4v) is 2.60. The topological polar surface area (TPSA) is 38.3 Å². The Balaban J connectivity index is 1.77. The van der Waals surface area contributed by atoms with E-state index in [1.807, 2.05) is 45.0 Å². The fraction of sp³-hybridized carbons (Fsp3) is 0.316. The zero-order valence-electron chi connectivity index (χ0n) is 14.1. The number of carbonyl (C=O) groups excluding carboxylic acids is 1. The summed E-state index contributed by atoms with van der Waals surface area (Å²) in [4.78, 5) is 11.9. The molecule has 0 aliphatic carbocycles. The molecule has 0 atom stereocenters. The van der Waals surface area contributed by atoms with Crippen LogP contribution in [0, 0.1) is 20.8 Å². The Morgan fingerprint density at radius 2 is 1.71 bits per heavy atom. The molecule has 0 fully saturated rings. The van der Waals surface area contributed by atoms with E-state index < -0.39 is 0 Å². The molecule has 0 spiro atoms. The summed E-state index contributed by atoms with van der Waals surface area (Å²) in [6, 6.07) is 9.29. The Kier molecular flexibility index (Phi) is 6.52. The van der Waals surface area contributed by atoms with Crippen LogP contribution in [-0.2, 0) is 4.79 Å². The van der Waals surface area contributed by atoms with Crippen molar-refractivity contribution < 1.29 is 9.53 Å². The van der Waals surface area contributed by atoms with Crippen LogP contribution in [0.4, 0.5) is 5.69 Å². The molecule has 0 saturated carbocycles. The molecule has 24 heavy (non-hydrogen) atoms. The number of hydrogen-bond acceptors (Lipinski definition) is 2. The van der Waals surface area contributed by atoms with E-state index in [2.05, 4.69) is 5.32 Å². The maximum absolute atomic E-state index is 11.9. The molecular formula is C19H21Cl2NO2. The van der Waals surface area contributed by atoms with Crippen LogP contribution in [0.25, 0.3) is 0 Å². The van der Waals surface area contributed by atoms with Gasteiger partial charge >= 0.3 is 0 Å². The lowest BCUT2D eigenvalue weighted by molar-refractivity contribution is -0.116.